The topological polar surface area (TPSA) is 40.2 Å². The lowest BCUT2D eigenvalue weighted by Gasteiger charge is -2.38. The third kappa shape index (κ3) is 3.18. The van der Waals surface area contributed by atoms with E-state index >= 15 is 0 Å². The van der Waals surface area contributed by atoms with Gasteiger partial charge in [0, 0.05) is 31.7 Å². The van der Waals surface area contributed by atoms with Crippen molar-refractivity contribution in [2.24, 2.45) is 5.92 Å². The Morgan fingerprint density at radius 2 is 1.92 bits per heavy atom. The second-order valence-corrected chi connectivity index (χ2v) is 6.52. The number of anilines is 1. The normalized spacial score (nSPS) is 32.1. The largest absolute Gasteiger partial charge is 0.497 e. The van der Waals surface area contributed by atoms with Crippen LogP contribution in [0.5, 0.6) is 5.75 Å². The average molecular weight is 361 g/mol. The summed E-state index contributed by atoms with van der Waals surface area (Å²) in [6.07, 6.45) is -4.40. The van der Waals surface area contributed by atoms with Crippen molar-refractivity contribution >= 4 is 5.69 Å². The zero-order valence-electron chi connectivity index (χ0n) is 14.4. The van der Waals surface area contributed by atoms with Crippen molar-refractivity contribution in [2.75, 3.05) is 25.7 Å². The Morgan fingerprint density at radius 3 is 2.48 bits per heavy atom. The Hall–Kier alpha value is -1.51. The van der Waals surface area contributed by atoms with E-state index < -0.39 is 30.0 Å². The van der Waals surface area contributed by atoms with Crippen molar-refractivity contribution in [3.63, 3.8) is 0 Å². The molecule has 2 aliphatic heterocycles. The third-order valence-corrected chi connectivity index (χ3v) is 5.08. The second-order valence-electron chi connectivity index (χ2n) is 6.52. The molecule has 25 heavy (non-hydrogen) atoms. The van der Waals surface area contributed by atoms with E-state index in [-0.39, 0.29) is 6.42 Å². The first-order valence-electron chi connectivity index (χ1n) is 8.14. The minimum atomic E-state index is -4.37. The van der Waals surface area contributed by atoms with Gasteiger partial charge < -0.3 is 14.4 Å². The predicted octanol–water partition coefficient (Wildman–Crippen LogP) is 3.54. The quantitative estimate of drug-likeness (QED) is 0.751. The summed E-state index contributed by atoms with van der Waals surface area (Å²) >= 11 is 0. The number of ether oxygens (including phenoxy) is 2. The Kier molecular flexibility index (Phi) is 4.87. The fourth-order valence-corrected chi connectivity index (χ4v) is 3.82. The van der Waals surface area contributed by atoms with Gasteiger partial charge in [-0.3, -0.25) is 0 Å². The third-order valence-electron chi connectivity index (χ3n) is 5.08. The minimum absolute atomic E-state index is 0.0829. The molecule has 5 nitrogen and oxygen atoms in total. The summed E-state index contributed by atoms with van der Waals surface area (Å²) in [6.45, 7) is 2.06. The van der Waals surface area contributed by atoms with Gasteiger partial charge in [-0.1, -0.05) is 0 Å². The molecule has 140 valence electrons. The molecule has 3 rings (SSSR count). The highest BCUT2D eigenvalue weighted by Crippen LogP contribution is 2.53. The second kappa shape index (κ2) is 6.66. The van der Waals surface area contributed by atoms with Crippen LogP contribution in [0.4, 0.5) is 18.9 Å². The molecule has 2 aliphatic rings. The highest BCUT2D eigenvalue weighted by atomic mass is 19.4. The molecule has 0 aliphatic carbocycles. The van der Waals surface area contributed by atoms with Crippen LogP contribution in [0.2, 0.25) is 0 Å². The molecule has 1 aromatic rings. The van der Waals surface area contributed by atoms with Gasteiger partial charge in [-0.15, -0.1) is 0 Å². The monoisotopic (exact) mass is 361 g/mol. The van der Waals surface area contributed by atoms with Crippen molar-refractivity contribution in [1.82, 2.24) is 0 Å². The van der Waals surface area contributed by atoms with Gasteiger partial charge in [0.1, 0.15) is 17.9 Å². The summed E-state index contributed by atoms with van der Waals surface area (Å²) < 4.78 is 51.3. The van der Waals surface area contributed by atoms with Crippen LogP contribution < -0.4 is 9.64 Å². The van der Waals surface area contributed by atoms with Gasteiger partial charge >= 0.3 is 6.18 Å². The first kappa shape index (κ1) is 18.3. The molecular weight excluding hydrogens is 339 g/mol. The summed E-state index contributed by atoms with van der Waals surface area (Å²) in [5, 5.41) is 0. The molecule has 0 bridgehead atoms. The molecule has 0 amide bonds. The van der Waals surface area contributed by atoms with Crippen molar-refractivity contribution in [3.8, 4) is 5.75 Å². The van der Waals surface area contributed by atoms with E-state index in [1.807, 2.05) is 0 Å². The highest BCUT2D eigenvalue weighted by molar-refractivity contribution is 5.54. The van der Waals surface area contributed by atoms with E-state index in [1.54, 1.807) is 38.3 Å². The molecule has 0 unspecified atom stereocenters. The van der Waals surface area contributed by atoms with Gasteiger partial charge in [0.05, 0.1) is 7.11 Å². The number of hydrogen-bond donors (Lipinski definition) is 0. The van der Waals surface area contributed by atoms with Crippen molar-refractivity contribution < 1.29 is 32.4 Å². The molecule has 0 aromatic heterocycles. The van der Waals surface area contributed by atoms with Gasteiger partial charge in [-0.2, -0.15) is 13.2 Å². The zero-order valence-corrected chi connectivity index (χ0v) is 14.4. The standard InChI is InChI=1S/C17H22F3NO4/c1-16-13(14(24-25-16)8-9-22-2)10-15(17(18,19)20)21(16)11-4-6-12(23-3)7-5-11/h4-7,13-15H,8-10H2,1-3H3/t13-,14-,15-,16+/m0/s1. The van der Waals surface area contributed by atoms with E-state index in [4.69, 9.17) is 19.2 Å². The van der Waals surface area contributed by atoms with Crippen LogP contribution in [0.15, 0.2) is 24.3 Å². The molecule has 2 saturated heterocycles. The van der Waals surface area contributed by atoms with E-state index in [2.05, 4.69) is 0 Å². The smallest absolute Gasteiger partial charge is 0.408 e. The van der Waals surface area contributed by atoms with Gasteiger partial charge in [0.25, 0.3) is 0 Å². The number of rotatable bonds is 5. The number of benzene rings is 1. The minimum Gasteiger partial charge on any atom is -0.497 e. The summed E-state index contributed by atoms with van der Waals surface area (Å²) in [5.74, 6) is 0.172. The fraction of sp³-hybridized carbons (Fsp3) is 0.647. The number of hydrogen-bond acceptors (Lipinski definition) is 5. The van der Waals surface area contributed by atoms with E-state index in [1.165, 1.54) is 12.0 Å². The molecular formula is C17H22F3NO4. The molecule has 1 aromatic carbocycles. The van der Waals surface area contributed by atoms with Crippen LogP contribution in [0.25, 0.3) is 0 Å². The van der Waals surface area contributed by atoms with Crippen molar-refractivity contribution in [3.05, 3.63) is 24.3 Å². The molecule has 4 atom stereocenters. The zero-order chi connectivity index (χ0) is 18.2. The Labute approximate surface area is 144 Å². The summed E-state index contributed by atoms with van der Waals surface area (Å²) in [5.41, 5.74) is -0.767. The molecule has 0 spiro atoms. The van der Waals surface area contributed by atoms with Crippen LogP contribution in [0, 0.1) is 5.92 Å². The van der Waals surface area contributed by atoms with E-state index in [9.17, 15) is 13.2 Å². The molecule has 2 fully saturated rings. The molecule has 0 N–H and O–H groups in total. The number of halogens is 3. The fourth-order valence-electron chi connectivity index (χ4n) is 3.82. The average Bonchev–Trinajstić information content (AvgIpc) is 3.05. The number of fused-ring (bicyclic) bond motifs is 1. The Morgan fingerprint density at radius 1 is 1.24 bits per heavy atom. The highest BCUT2D eigenvalue weighted by Gasteiger charge is 2.65. The first-order valence-corrected chi connectivity index (χ1v) is 8.14. The van der Waals surface area contributed by atoms with Crippen LogP contribution in [0.1, 0.15) is 19.8 Å². The van der Waals surface area contributed by atoms with Gasteiger partial charge in [0.15, 0.2) is 5.72 Å². The van der Waals surface area contributed by atoms with Crippen molar-refractivity contribution in [1.29, 1.82) is 0 Å². The Bertz CT molecular complexity index is 595. The summed E-state index contributed by atoms with van der Waals surface area (Å²) in [7, 11) is 3.06. The van der Waals surface area contributed by atoms with Gasteiger partial charge in [0.2, 0.25) is 0 Å². The van der Waals surface area contributed by atoms with Gasteiger partial charge in [-0.05, 0) is 37.6 Å². The molecule has 0 radical (unpaired) electrons. The summed E-state index contributed by atoms with van der Waals surface area (Å²) in [6, 6.07) is 4.86. The van der Waals surface area contributed by atoms with Crippen LogP contribution in [-0.2, 0) is 14.5 Å². The van der Waals surface area contributed by atoms with E-state index in [0.29, 0.717) is 24.5 Å². The van der Waals surface area contributed by atoms with Gasteiger partial charge in [-0.25, -0.2) is 9.78 Å². The maximum Gasteiger partial charge on any atom is 0.408 e. The van der Waals surface area contributed by atoms with Crippen molar-refractivity contribution in [2.45, 2.75) is 43.8 Å². The lowest BCUT2D eigenvalue weighted by molar-refractivity contribution is -0.325. The lowest BCUT2D eigenvalue weighted by Crippen LogP contribution is -2.52. The molecule has 2 heterocycles. The summed E-state index contributed by atoms with van der Waals surface area (Å²) in [4.78, 5) is 12.1. The number of alkyl halides is 3. The van der Waals surface area contributed by atoms with E-state index in [0.717, 1.165) is 0 Å². The Balaban J connectivity index is 1.94. The molecule has 8 heteroatoms. The van der Waals surface area contributed by atoms with Crippen LogP contribution in [-0.4, -0.2) is 44.9 Å². The van der Waals surface area contributed by atoms with Crippen LogP contribution in [0.3, 0.4) is 0 Å². The predicted molar refractivity (Wildman–Crippen MR) is 84.3 cm³/mol. The lowest BCUT2D eigenvalue weighted by atomic mass is 9.90. The SMILES string of the molecule is COCC[C@@H]1OO[C@]2(C)[C@H]1C[C@@H](C(F)(F)F)N2c1ccc(OC)cc1. The maximum atomic E-state index is 13.7. The number of nitrogens with zero attached hydrogens (tertiary/aromatic N) is 1. The first-order chi connectivity index (χ1) is 11.8. The number of methoxy groups -OCH3 is 2. The maximum absolute atomic E-state index is 13.7. The van der Waals surface area contributed by atoms with Crippen LogP contribution >= 0.6 is 0 Å². The molecule has 0 saturated carbocycles.